The van der Waals surface area contributed by atoms with Gasteiger partial charge in [-0.15, -0.1) is 0 Å². The second kappa shape index (κ2) is 7.15. The summed E-state index contributed by atoms with van der Waals surface area (Å²) in [4.78, 5) is 42.4. The number of fused-ring (bicyclic) bond motifs is 1. The predicted octanol–water partition coefficient (Wildman–Crippen LogP) is 2.02. The van der Waals surface area contributed by atoms with Crippen molar-refractivity contribution in [3.63, 3.8) is 0 Å². The Morgan fingerprint density at radius 2 is 1.96 bits per heavy atom. The van der Waals surface area contributed by atoms with Crippen LogP contribution in [0, 0.1) is 0 Å². The van der Waals surface area contributed by atoms with E-state index < -0.39 is 18.0 Å². The van der Waals surface area contributed by atoms with Crippen molar-refractivity contribution in [2.45, 2.75) is 19.0 Å². The van der Waals surface area contributed by atoms with Gasteiger partial charge in [0.25, 0.3) is 5.91 Å². The molecule has 2 heterocycles. The number of anilines is 1. The Kier molecular flexibility index (Phi) is 4.52. The lowest BCUT2D eigenvalue weighted by Crippen LogP contribution is -2.34. The molecule has 0 bridgehead atoms. The number of hydrogen-bond donors (Lipinski definition) is 2. The van der Waals surface area contributed by atoms with Crippen LogP contribution in [0.3, 0.4) is 0 Å². The van der Waals surface area contributed by atoms with Crippen LogP contribution in [0.15, 0.2) is 54.9 Å². The Balaban J connectivity index is 1.39. The highest BCUT2D eigenvalue weighted by Crippen LogP contribution is 2.19. The standard InChI is InChI=1S/C20H19N5O3/c1-24-12-21-15-9-14(7-8-17(15)24)22-18(26)10-16-19(27)25(20(28)23-16)11-13-5-3-2-4-6-13/h2-9,12,16H,10-11H2,1H3,(H,22,26)(H,23,28)/t16-/m1/s1. The van der Waals surface area contributed by atoms with Crippen molar-refractivity contribution in [2.24, 2.45) is 7.05 Å². The van der Waals surface area contributed by atoms with Crippen LogP contribution < -0.4 is 10.6 Å². The first-order valence-corrected chi connectivity index (χ1v) is 8.88. The summed E-state index contributed by atoms with van der Waals surface area (Å²) >= 11 is 0. The molecule has 4 amide bonds. The average Bonchev–Trinajstić information content (AvgIpc) is 3.17. The Labute approximate surface area is 161 Å². The first kappa shape index (κ1) is 17.7. The maximum absolute atomic E-state index is 12.5. The van der Waals surface area contributed by atoms with E-state index in [0.29, 0.717) is 5.69 Å². The normalized spacial score (nSPS) is 16.5. The Morgan fingerprint density at radius 1 is 1.18 bits per heavy atom. The number of carbonyl (C=O) groups excluding carboxylic acids is 3. The van der Waals surface area contributed by atoms with Crippen LogP contribution in [0.2, 0.25) is 0 Å². The summed E-state index contributed by atoms with van der Waals surface area (Å²) in [6.45, 7) is 0.181. The number of aromatic nitrogens is 2. The van der Waals surface area contributed by atoms with Gasteiger partial charge in [0, 0.05) is 12.7 Å². The van der Waals surface area contributed by atoms with Crippen molar-refractivity contribution in [1.82, 2.24) is 19.8 Å². The van der Waals surface area contributed by atoms with Crippen LogP contribution in [0.5, 0.6) is 0 Å². The molecule has 3 aromatic rings. The quantitative estimate of drug-likeness (QED) is 0.665. The summed E-state index contributed by atoms with van der Waals surface area (Å²) in [5, 5.41) is 5.34. The van der Waals surface area contributed by atoms with E-state index in [9.17, 15) is 14.4 Å². The van der Waals surface area contributed by atoms with Gasteiger partial charge in [-0.25, -0.2) is 9.78 Å². The lowest BCUT2D eigenvalue weighted by molar-refractivity contribution is -0.130. The number of rotatable bonds is 5. The van der Waals surface area contributed by atoms with Gasteiger partial charge in [-0.1, -0.05) is 30.3 Å². The van der Waals surface area contributed by atoms with Crippen molar-refractivity contribution in [3.05, 3.63) is 60.4 Å². The van der Waals surface area contributed by atoms with Crippen molar-refractivity contribution in [2.75, 3.05) is 5.32 Å². The van der Waals surface area contributed by atoms with E-state index in [1.165, 1.54) is 0 Å². The third-order valence-electron chi connectivity index (χ3n) is 4.69. The predicted molar refractivity (Wildman–Crippen MR) is 103 cm³/mol. The highest BCUT2D eigenvalue weighted by atomic mass is 16.2. The number of hydrogen-bond acceptors (Lipinski definition) is 4. The van der Waals surface area contributed by atoms with Crippen LogP contribution in [0.25, 0.3) is 11.0 Å². The third-order valence-corrected chi connectivity index (χ3v) is 4.69. The van der Waals surface area contributed by atoms with Gasteiger partial charge in [0.1, 0.15) is 6.04 Å². The number of nitrogens with one attached hydrogen (secondary N) is 2. The zero-order valence-corrected chi connectivity index (χ0v) is 15.3. The molecule has 0 spiro atoms. The van der Waals surface area contributed by atoms with Gasteiger partial charge in [-0.3, -0.25) is 14.5 Å². The molecule has 8 heteroatoms. The van der Waals surface area contributed by atoms with Gasteiger partial charge in [-0.05, 0) is 23.8 Å². The molecular weight excluding hydrogens is 358 g/mol. The number of benzene rings is 2. The molecule has 28 heavy (non-hydrogen) atoms. The highest BCUT2D eigenvalue weighted by Gasteiger charge is 2.38. The van der Waals surface area contributed by atoms with E-state index in [4.69, 9.17) is 0 Å². The van der Waals surface area contributed by atoms with E-state index in [1.54, 1.807) is 18.5 Å². The number of carbonyl (C=O) groups is 3. The fourth-order valence-corrected chi connectivity index (χ4v) is 3.24. The minimum atomic E-state index is -0.866. The molecule has 0 radical (unpaired) electrons. The van der Waals surface area contributed by atoms with E-state index in [1.807, 2.05) is 48.0 Å². The zero-order valence-electron chi connectivity index (χ0n) is 15.3. The topological polar surface area (TPSA) is 96.3 Å². The monoisotopic (exact) mass is 377 g/mol. The molecule has 0 saturated carbocycles. The second-order valence-electron chi connectivity index (χ2n) is 6.72. The fourth-order valence-electron chi connectivity index (χ4n) is 3.24. The van der Waals surface area contributed by atoms with Crippen LogP contribution in [0.1, 0.15) is 12.0 Å². The molecule has 1 aliphatic heterocycles. The number of nitrogens with zero attached hydrogens (tertiary/aromatic N) is 3. The van der Waals surface area contributed by atoms with E-state index >= 15 is 0 Å². The van der Waals surface area contributed by atoms with Gasteiger partial charge in [0.2, 0.25) is 5.91 Å². The molecular formula is C20H19N5O3. The summed E-state index contributed by atoms with van der Waals surface area (Å²) in [7, 11) is 1.89. The smallest absolute Gasteiger partial charge is 0.325 e. The van der Waals surface area contributed by atoms with E-state index in [2.05, 4.69) is 15.6 Å². The second-order valence-corrected chi connectivity index (χ2v) is 6.72. The van der Waals surface area contributed by atoms with Crippen LogP contribution in [-0.4, -0.2) is 38.3 Å². The van der Waals surface area contributed by atoms with Crippen LogP contribution in [-0.2, 0) is 23.2 Å². The molecule has 1 aromatic heterocycles. The highest BCUT2D eigenvalue weighted by molar-refractivity contribution is 6.07. The number of imidazole rings is 1. The number of amides is 4. The zero-order chi connectivity index (χ0) is 19.7. The number of aryl methyl sites for hydroxylation is 1. The minimum absolute atomic E-state index is 0.129. The van der Waals surface area contributed by atoms with Crippen LogP contribution in [0.4, 0.5) is 10.5 Å². The summed E-state index contributed by atoms with van der Waals surface area (Å²) in [5.74, 6) is -0.750. The molecule has 2 N–H and O–H groups in total. The lowest BCUT2D eigenvalue weighted by atomic mass is 10.1. The molecule has 8 nitrogen and oxygen atoms in total. The molecule has 142 valence electrons. The molecule has 4 rings (SSSR count). The van der Waals surface area contributed by atoms with E-state index in [0.717, 1.165) is 21.5 Å². The Morgan fingerprint density at radius 3 is 2.75 bits per heavy atom. The van der Waals surface area contributed by atoms with Crippen molar-refractivity contribution < 1.29 is 14.4 Å². The van der Waals surface area contributed by atoms with Crippen molar-refractivity contribution in [1.29, 1.82) is 0 Å². The summed E-state index contributed by atoms with van der Waals surface area (Å²) < 4.78 is 1.88. The summed E-state index contributed by atoms with van der Waals surface area (Å²) in [5.41, 5.74) is 3.15. The first-order chi connectivity index (χ1) is 13.5. The summed E-state index contributed by atoms with van der Waals surface area (Å²) in [6, 6.07) is 13.3. The Bertz CT molecular complexity index is 1060. The molecule has 1 aliphatic rings. The van der Waals surface area contributed by atoms with Gasteiger partial charge < -0.3 is 15.2 Å². The van der Waals surface area contributed by atoms with Crippen molar-refractivity contribution >= 4 is 34.6 Å². The maximum Gasteiger partial charge on any atom is 0.325 e. The van der Waals surface area contributed by atoms with Crippen LogP contribution >= 0.6 is 0 Å². The lowest BCUT2D eigenvalue weighted by Gasteiger charge is -2.13. The SMILES string of the molecule is Cn1cnc2cc(NC(=O)C[C@H]3NC(=O)N(Cc4ccccc4)C3=O)ccc21. The summed E-state index contributed by atoms with van der Waals surface area (Å²) in [6.07, 6.45) is 1.57. The first-order valence-electron chi connectivity index (χ1n) is 8.88. The Hall–Kier alpha value is -3.68. The van der Waals surface area contributed by atoms with Crippen molar-refractivity contribution in [3.8, 4) is 0 Å². The van der Waals surface area contributed by atoms with E-state index in [-0.39, 0.29) is 18.9 Å². The molecule has 1 atom stereocenters. The van der Waals surface area contributed by atoms with Gasteiger partial charge >= 0.3 is 6.03 Å². The minimum Gasteiger partial charge on any atom is -0.334 e. The largest absolute Gasteiger partial charge is 0.334 e. The average molecular weight is 377 g/mol. The molecule has 0 aliphatic carbocycles. The van der Waals surface area contributed by atoms with Gasteiger partial charge in [-0.2, -0.15) is 0 Å². The maximum atomic E-state index is 12.5. The molecule has 1 saturated heterocycles. The number of imide groups is 1. The number of urea groups is 1. The molecule has 2 aromatic carbocycles. The molecule has 1 fully saturated rings. The fraction of sp³-hybridized carbons (Fsp3) is 0.200. The van der Waals surface area contributed by atoms with Gasteiger partial charge in [0.05, 0.1) is 30.3 Å². The van der Waals surface area contributed by atoms with Gasteiger partial charge in [0.15, 0.2) is 0 Å². The third kappa shape index (κ3) is 3.44. The molecule has 0 unspecified atom stereocenters.